The van der Waals surface area contributed by atoms with Crippen molar-refractivity contribution in [3.05, 3.63) is 42.2 Å². The van der Waals surface area contributed by atoms with Crippen molar-refractivity contribution in [2.45, 2.75) is 32.7 Å². The van der Waals surface area contributed by atoms with Crippen molar-refractivity contribution >= 4 is 11.8 Å². The maximum atomic E-state index is 12.8. The molecule has 3 heterocycles. The van der Waals surface area contributed by atoms with E-state index in [0.717, 1.165) is 5.82 Å². The Kier molecular flexibility index (Phi) is 5.83. The van der Waals surface area contributed by atoms with E-state index in [4.69, 9.17) is 0 Å². The molecule has 8 nitrogen and oxygen atoms in total. The van der Waals surface area contributed by atoms with E-state index in [9.17, 15) is 9.59 Å². The van der Waals surface area contributed by atoms with Crippen LogP contribution >= 0.6 is 0 Å². The number of nitrogens with zero attached hydrogens (tertiary/aromatic N) is 5. The zero-order valence-electron chi connectivity index (χ0n) is 16.0. The highest BCUT2D eigenvalue weighted by atomic mass is 16.2. The molecule has 1 fully saturated rings. The first kappa shape index (κ1) is 19.0. The lowest BCUT2D eigenvalue weighted by molar-refractivity contribution is -0.127. The summed E-state index contributed by atoms with van der Waals surface area (Å²) < 4.78 is 1.69. The van der Waals surface area contributed by atoms with Gasteiger partial charge in [-0.15, -0.1) is 0 Å². The highest BCUT2D eigenvalue weighted by Crippen LogP contribution is 2.23. The number of aromatic nitrogens is 4. The molecule has 1 atom stereocenters. The van der Waals surface area contributed by atoms with Crippen molar-refractivity contribution in [3.8, 4) is 0 Å². The highest BCUT2D eigenvalue weighted by molar-refractivity contribution is 5.92. The monoisotopic (exact) mass is 370 g/mol. The zero-order chi connectivity index (χ0) is 19.4. The van der Waals surface area contributed by atoms with Crippen molar-refractivity contribution in [1.82, 2.24) is 30.0 Å². The van der Waals surface area contributed by atoms with E-state index in [1.165, 1.54) is 6.33 Å². The summed E-state index contributed by atoms with van der Waals surface area (Å²) in [6.45, 7) is 5.22. The Morgan fingerprint density at radius 1 is 1.19 bits per heavy atom. The van der Waals surface area contributed by atoms with Gasteiger partial charge in [-0.2, -0.15) is 5.10 Å². The third-order valence-corrected chi connectivity index (χ3v) is 5.03. The van der Waals surface area contributed by atoms with Crippen molar-refractivity contribution < 1.29 is 9.59 Å². The van der Waals surface area contributed by atoms with Crippen molar-refractivity contribution in [2.24, 2.45) is 18.9 Å². The van der Waals surface area contributed by atoms with Crippen LogP contribution in [0, 0.1) is 11.8 Å². The number of likely N-dealkylation sites (tertiary alicyclic amines) is 1. The van der Waals surface area contributed by atoms with Crippen LogP contribution < -0.4 is 5.32 Å². The molecule has 0 saturated carbocycles. The van der Waals surface area contributed by atoms with Gasteiger partial charge in [0.2, 0.25) is 5.91 Å². The number of carbonyl (C=O) groups excluding carboxylic acids is 2. The van der Waals surface area contributed by atoms with Gasteiger partial charge in [-0.1, -0.05) is 19.9 Å². The van der Waals surface area contributed by atoms with Crippen LogP contribution in [0.2, 0.25) is 0 Å². The quantitative estimate of drug-likeness (QED) is 0.862. The minimum atomic E-state index is -0.182. The summed E-state index contributed by atoms with van der Waals surface area (Å²) in [5, 5.41) is 7.23. The number of rotatable bonds is 5. The van der Waals surface area contributed by atoms with Gasteiger partial charge in [0.25, 0.3) is 5.91 Å². The summed E-state index contributed by atoms with van der Waals surface area (Å²) >= 11 is 0. The van der Waals surface area contributed by atoms with Crippen molar-refractivity contribution in [2.75, 3.05) is 13.1 Å². The van der Waals surface area contributed by atoms with Crippen LogP contribution in [-0.2, 0) is 11.8 Å². The van der Waals surface area contributed by atoms with Crippen molar-refractivity contribution in [3.63, 3.8) is 0 Å². The standard InChI is InChI=1S/C19H26N6O2/c1-13(2)16(17-21-12-22-24(17)3)23-18(26)14-7-10-25(11-8-14)19(27)15-6-4-5-9-20-15/h4-6,9,12-14,16H,7-8,10-11H2,1-3H3,(H,23,26). The molecule has 27 heavy (non-hydrogen) atoms. The third kappa shape index (κ3) is 4.32. The topological polar surface area (TPSA) is 93.0 Å². The van der Waals surface area contributed by atoms with Gasteiger partial charge in [-0.3, -0.25) is 19.3 Å². The van der Waals surface area contributed by atoms with Crippen LogP contribution in [0.5, 0.6) is 0 Å². The molecule has 1 aliphatic heterocycles. The third-order valence-electron chi connectivity index (χ3n) is 5.03. The second kappa shape index (κ2) is 8.28. The largest absolute Gasteiger partial charge is 0.346 e. The lowest BCUT2D eigenvalue weighted by Crippen LogP contribution is -2.44. The summed E-state index contributed by atoms with van der Waals surface area (Å²) in [4.78, 5) is 35.4. The Balaban J connectivity index is 1.58. The Labute approximate surface area is 159 Å². The van der Waals surface area contributed by atoms with Gasteiger partial charge in [-0.25, -0.2) is 4.98 Å². The van der Waals surface area contributed by atoms with Gasteiger partial charge in [-0.05, 0) is 30.9 Å². The molecule has 3 rings (SSSR count). The predicted molar refractivity (Wildman–Crippen MR) is 99.6 cm³/mol. The predicted octanol–water partition coefficient (Wildman–Crippen LogP) is 1.58. The Morgan fingerprint density at radius 2 is 1.93 bits per heavy atom. The van der Waals surface area contributed by atoms with E-state index in [-0.39, 0.29) is 29.7 Å². The average Bonchev–Trinajstić information content (AvgIpc) is 3.11. The number of piperidine rings is 1. The molecule has 144 valence electrons. The minimum absolute atomic E-state index is 0.0154. The molecular formula is C19H26N6O2. The Morgan fingerprint density at radius 3 is 2.48 bits per heavy atom. The fraction of sp³-hybridized carbons (Fsp3) is 0.526. The molecule has 1 unspecified atom stereocenters. The molecule has 0 aromatic carbocycles. The van der Waals surface area contributed by atoms with Crippen LogP contribution in [-0.4, -0.2) is 49.6 Å². The number of carbonyl (C=O) groups is 2. The first-order valence-corrected chi connectivity index (χ1v) is 9.32. The lowest BCUT2D eigenvalue weighted by atomic mass is 9.94. The number of nitrogens with one attached hydrogen (secondary N) is 1. The van der Waals surface area contributed by atoms with Gasteiger partial charge >= 0.3 is 0 Å². The van der Waals surface area contributed by atoms with Gasteiger partial charge in [0.1, 0.15) is 17.8 Å². The minimum Gasteiger partial charge on any atom is -0.346 e. The number of amides is 2. The summed E-state index contributed by atoms with van der Waals surface area (Å²) in [5.74, 6) is 0.784. The maximum Gasteiger partial charge on any atom is 0.272 e. The van der Waals surface area contributed by atoms with E-state index in [1.54, 1.807) is 34.0 Å². The van der Waals surface area contributed by atoms with Crippen LogP contribution in [0.1, 0.15) is 49.0 Å². The van der Waals surface area contributed by atoms with Gasteiger partial charge in [0.15, 0.2) is 0 Å². The van der Waals surface area contributed by atoms with Gasteiger partial charge in [0, 0.05) is 32.3 Å². The van der Waals surface area contributed by atoms with E-state index < -0.39 is 0 Å². The lowest BCUT2D eigenvalue weighted by Gasteiger charge is -2.32. The molecule has 0 spiro atoms. The zero-order valence-corrected chi connectivity index (χ0v) is 16.0. The second-order valence-electron chi connectivity index (χ2n) is 7.25. The molecule has 0 bridgehead atoms. The first-order valence-electron chi connectivity index (χ1n) is 9.32. The van der Waals surface area contributed by atoms with Crippen LogP contribution in [0.3, 0.4) is 0 Å². The average molecular weight is 370 g/mol. The van der Waals surface area contributed by atoms with E-state index in [0.29, 0.717) is 31.6 Å². The van der Waals surface area contributed by atoms with E-state index in [2.05, 4.69) is 20.4 Å². The number of pyridine rings is 1. The second-order valence-corrected chi connectivity index (χ2v) is 7.25. The molecule has 8 heteroatoms. The number of hydrogen-bond acceptors (Lipinski definition) is 5. The summed E-state index contributed by atoms with van der Waals surface area (Å²) in [5.41, 5.74) is 0.447. The molecule has 2 aromatic rings. The maximum absolute atomic E-state index is 12.8. The highest BCUT2D eigenvalue weighted by Gasteiger charge is 2.31. The smallest absolute Gasteiger partial charge is 0.272 e. The van der Waals surface area contributed by atoms with Crippen LogP contribution in [0.4, 0.5) is 0 Å². The molecule has 1 aliphatic rings. The van der Waals surface area contributed by atoms with Gasteiger partial charge < -0.3 is 10.2 Å². The molecule has 0 aliphatic carbocycles. The number of aryl methyl sites for hydroxylation is 1. The summed E-state index contributed by atoms with van der Waals surface area (Å²) in [6, 6.07) is 5.13. The Hall–Kier alpha value is -2.77. The number of hydrogen-bond donors (Lipinski definition) is 1. The fourth-order valence-corrected chi connectivity index (χ4v) is 3.38. The molecule has 0 radical (unpaired) electrons. The normalized spacial score (nSPS) is 16.4. The molecule has 2 amide bonds. The molecule has 2 aromatic heterocycles. The van der Waals surface area contributed by atoms with E-state index >= 15 is 0 Å². The van der Waals surface area contributed by atoms with Crippen LogP contribution in [0.25, 0.3) is 0 Å². The SMILES string of the molecule is CC(C)C(NC(=O)C1CCN(C(=O)c2ccccn2)CC1)c1ncnn1C. The molecule has 1 N–H and O–H groups in total. The fourth-order valence-electron chi connectivity index (χ4n) is 3.38. The van der Waals surface area contributed by atoms with Gasteiger partial charge in [0.05, 0.1) is 6.04 Å². The first-order chi connectivity index (χ1) is 13.0. The van der Waals surface area contributed by atoms with E-state index in [1.807, 2.05) is 20.9 Å². The molecule has 1 saturated heterocycles. The Bertz CT molecular complexity index is 781. The summed E-state index contributed by atoms with van der Waals surface area (Å²) in [7, 11) is 1.82. The molecular weight excluding hydrogens is 344 g/mol. The van der Waals surface area contributed by atoms with Crippen LogP contribution in [0.15, 0.2) is 30.7 Å². The summed E-state index contributed by atoms with van der Waals surface area (Å²) in [6.07, 6.45) is 4.41. The van der Waals surface area contributed by atoms with Crippen molar-refractivity contribution in [1.29, 1.82) is 0 Å².